The van der Waals surface area contributed by atoms with Crippen molar-refractivity contribution in [1.82, 2.24) is 0 Å². The Kier molecular flexibility index (Phi) is 3.06. The Labute approximate surface area is 98.3 Å². The Balaban J connectivity index is 2.55. The summed E-state index contributed by atoms with van der Waals surface area (Å²) in [6, 6.07) is 7.78. The summed E-state index contributed by atoms with van der Waals surface area (Å²) < 4.78 is 1.04. The fourth-order valence-electron chi connectivity index (χ4n) is 1.85. The average molecular weight is 265 g/mol. The molecule has 0 N–H and O–H groups in total. The van der Waals surface area contributed by atoms with Crippen LogP contribution in [0.25, 0.3) is 4.48 Å². The summed E-state index contributed by atoms with van der Waals surface area (Å²) in [6.07, 6.45) is 3.77. The standard InChI is InChI=1S/C13H13BrO/c1-9-6-7-13(15)11-5-3-2-4-10(11)12(14)8-9/h2-5,8-9H,6-7H2,1H3. The monoisotopic (exact) mass is 264 g/mol. The van der Waals surface area contributed by atoms with Crippen molar-refractivity contribution in [2.45, 2.75) is 19.8 Å². The van der Waals surface area contributed by atoms with Crippen molar-refractivity contribution >= 4 is 26.2 Å². The molecule has 0 saturated carbocycles. The van der Waals surface area contributed by atoms with E-state index >= 15 is 0 Å². The van der Waals surface area contributed by atoms with Gasteiger partial charge in [0, 0.05) is 16.5 Å². The number of halogens is 1. The van der Waals surface area contributed by atoms with Gasteiger partial charge in [-0.1, -0.05) is 53.2 Å². The van der Waals surface area contributed by atoms with Gasteiger partial charge in [-0.25, -0.2) is 0 Å². The zero-order valence-electron chi connectivity index (χ0n) is 8.66. The normalized spacial score (nSPS) is 21.3. The van der Waals surface area contributed by atoms with Crippen molar-refractivity contribution in [2.24, 2.45) is 5.92 Å². The van der Waals surface area contributed by atoms with Crippen LogP contribution in [0.15, 0.2) is 30.3 Å². The highest BCUT2D eigenvalue weighted by Crippen LogP contribution is 2.30. The molecule has 0 radical (unpaired) electrons. The van der Waals surface area contributed by atoms with Gasteiger partial charge in [-0.3, -0.25) is 4.79 Å². The lowest BCUT2D eigenvalue weighted by Crippen LogP contribution is -2.07. The lowest BCUT2D eigenvalue weighted by atomic mass is 9.92. The van der Waals surface area contributed by atoms with Crippen molar-refractivity contribution < 1.29 is 4.79 Å². The molecule has 1 aromatic carbocycles. The van der Waals surface area contributed by atoms with Gasteiger partial charge < -0.3 is 0 Å². The zero-order valence-corrected chi connectivity index (χ0v) is 10.3. The third-order valence-corrected chi connectivity index (χ3v) is 3.43. The molecule has 0 spiro atoms. The van der Waals surface area contributed by atoms with Gasteiger partial charge >= 0.3 is 0 Å². The lowest BCUT2D eigenvalue weighted by Gasteiger charge is -2.14. The van der Waals surface area contributed by atoms with Crippen LogP contribution in [0.1, 0.15) is 35.7 Å². The molecule has 1 aliphatic carbocycles. The minimum Gasteiger partial charge on any atom is -0.294 e. The first-order valence-corrected chi connectivity index (χ1v) is 5.97. The summed E-state index contributed by atoms with van der Waals surface area (Å²) in [5, 5.41) is 0. The molecule has 1 aliphatic rings. The van der Waals surface area contributed by atoms with Crippen LogP contribution in [0.5, 0.6) is 0 Å². The van der Waals surface area contributed by atoms with Crippen LogP contribution in [0.4, 0.5) is 0 Å². The first-order chi connectivity index (χ1) is 7.18. The summed E-state index contributed by atoms with van der Waals surface area (Å²) >= 11 is 3.55. The summed E-state index contributed by atoms with van der Waals surface area (Å²) in [5.41, 5.74) is 1.86. The minimum absolute atomic E-state index is 0.252. The summed E-state index contributed by atoms with van der Waals surface area (Å²) in [7, 11) is 0. The van der Waals surface area contributed by atoms with Crippen molar-refractivity contribution in [3.8, 4) is 0 Å². The van der Waals surface area contributed by atoms with E-state index in [1.54, 1.807) is 0 Å². The quantitative estimate of drug-likeness (QED) is 0.692. The first-order valence-electron chi connectivity index (χ1n) is 5.18. The zero-order chi connectivity index (χ0) is 10.8. The molecule has 1 nitrogen and oxygen atoms in total. The summed E-state index contributed by atoms with van der Waals surface area (Å²) in [5.74, 6) is 0.708. The van der Waals surface area contributed by atoms with Gasteiger partial charge in [0.15, 0.2) is 5.78 Å². The van der Waals surface area contributed by atoms with Gasteiger partial charge in [0.2, 0.25) is 0 Å². The minimum atomic E-state index is 0.252. The smallest absolute Gasteiger partial charge is 0.163 e. The molecule has 0 aliphatic heterocycles. The molecule has 0 amide bonds. The van der Waals surface area contributed by atoms with Gasteiger partial charge in [-0.15, -0.1) is 0 Å². The Morgan fingerprint density at radius 3 is 2.67 bits per heavy atom. The molecular weight excluding hydrogens is 252 g/mol. The van der Waals surface area contributed by atoms with Crippen LogP contribution in [-0.2, 0) is 0 Å². The number of carbonyl (C=O) groups excluding carboxylic acids is 1. The molecule has 1 unspecified atom stereocenters. The van der Waals surface area contributed by atoms with E-state index in [1.807, 2.05) is 24.3 Å². The average Bonchev–Trinajstić information content (AvgIpc) is 2.24. The molecule has 0 heterocycles. The van der Waals surface area contributed by atoms with Gasteiger partial charge in [0.25, 0.3) is 0 Å². The van der Waals surface area contributed by atoms with Gasteiger partial charge in [-0.2, -0.15) is 0 Å². The number of carbonyl (C=O) groups is 1. The van der Waals surface area contributed by atoms with E-state index in [0.717, 1.165) is 22.0 Å². The second kappa shape index (κ2) is 4.31. The van der Waals surface area contributed by atoms with E-state index in [1.165, 1.54) is 0 Å². The van der Waals surface area contributed by atoms with E-state index in [0.29, 0.717) is 12.3 Å². The topological polar surface area (TPSA) is 17.1 Å². The van der Waals surface area contributed by atoms with Crippen molar-refractivity contribution in [3.05, 3.63) is 41.5 Å². The fourth-order valence-corrected chi connectivity index (χ4v) is 2.65. The van der Waals surface area contributed by atoms with E-state index < -0.39 is 0 Å². The van der Waals surface area contributed by atoms with Crippen molar-refractivity contribution in [2.75, 3.05) is 0 Å². The predicted octanol–water partition coefficient (Wildman–Crippen LogP) is 4.04. The second-order valence-electron chi connectivity index (χ2n) is 4.00. The number of benzene rings is 1. The Bertz CT molecular complexity index is 420. The molecule has 0 fully saturated rings. The Hall–Kier alpha value is -0.890. The highest BCUT2D eigenvalue weighted by Gasteiger charge is 2.16. The largest absolute Gasteiger partial charge is 0.294 e. The highest BCUT2D eigenvalue weighted by atomic mass is 79.9. The van der Waals surface area contributed by atoms with E-state index in [9.17, 15) is 4.79 Å². The molecule has 0 saturated heterocycles. The highest BCUT2D eigenvalue weighted by molar-refractivity contribution is 9.15. The summed E-state index contributed by atoms with van der Waals surface area (Å²) in [4.78, 5) is 11.9. The van der Waals surface area contributed by atoms with E-state index in [2.05, 4.69) is 28.9 Å². The van der Waals surface area contributed by atoms with Crippen LogP contribution in [0.2, 0.25) is 0 Å². The maximum absolute atomic E-state index is 11.9. The molecule has 2 heteroatoms. The number of allylic oxidation sites excluding steroid dienone is 1. The third-order valence-electron chi connectivity index (χ3n) is 2.74. The number of fused-ring (bicyclic) bond motifs is 1. The van der Waals surface area contributed by atoms with Crippen molar-refractivity contribution in [1.29, 1.82) is 0 Å². The van der Waals surface area contributed by atoms with Crippen LogP contribution in [-0.4, -0.2) is 5.78 Å². The Morgan fingerprint density at radius 2 is 1.93 bits per heavy atom. The maximum Gasteiger partial charge on any atom is 0.163 e. The van der Waals surface area contributed by atoms with E-state index in [4.69, 9.17) is 0 Å². The number of hydrogen-bond donors (Lipinski definition) is 0. The molecule has 0 bridgehead atoms. The number of rotatable bonds is 0. The SMILES string of the molecule is CC1C=C(Br)c2ccccc2C(=O)CC1. The van der Waals surface area contributed by atoms with Crippen LogP contribution >= 0.6 is 15.9 Å². The molecule has 2 rings (SSSR count). The van der Waals surface area contributed by atoms with Crippen LogP contribution < -0.4 is 0 Å². The molecule has 15 heavy (non-hydrogen) atoms. The summed E-state index contributed by atoms with van der Waals surface area (Å²) in [6.45, 7) is 2.14. The van der Waals surface area contributed by atoms with Gasteiger partial charge in [-0.05, 0) is 17.9 Å². The molecule has 1 aromatic rings. The van der Waals surface area contributed by atoms with Gasteiger partial charge in [0.05, 0.1) is 0 Å². The molecule has 0 aromatic heterocycles. The van der Waals surface area contributed by atoms with Gasteiger partial charge in [0.1, 0.15) is 0 Å². The third kappa shape index (κ3) is 2.20. The van der Waals surface area contributed by atoms with Crippen LogP contribution in [0, 0.1) is 5.92 Å². The first kappa shape index (κ1) is 10.6. The number of ketones is 1. The fraction of sp³-hybridized carbons (Fsp3) is 0.308. The molecular formula is C13H13BrO. The molecule has 1 atom stereocenters. The molecule has 78 valence electrons. The Morgan fingerprint density at radius 1 is 1.27 bits per heavy atom. The predicted molar refractivity (Wildman–Crippen MR) is 66.1 cm³/mol. The number of hydrogen-bond acceptors (Lipinski definition) is 1. The van der Waals surface area contributed by atoms with Crippen molar-refractivity contribution in [3.63, 3.8) is 0 Å². The number of Topliss-reactive ketones (excluding diaryl/α,β-unsaturated/α-hetero) is 1. The van der Waals surface area contributed by atoms with E-state index in [-0.39, 0.29) is 5.78 Å². The second-order valence-corrected chi connectivity index (χ2v) is 4.85. The maximum atomic E-state index is 11.9. The lowest BCUT2D eigenvalue weighted by molar-refractivity contribution is 0.0976. The van der Waals surface area contributed by atoms with Crippen LogP contribution in [0.3, 0.4) is 0 Å².